The van der Waals surface area contributed by atoms with Crippen LogP contribution in [0.2, 0.25) is 0 Å². The first-order valence-corrected chi connectivity index (χ1v) is 11.1. The molecule has 2 N–H and O–H groups in total. The minimum atomic E-state index is -0.0379. The van der Waals surface area contributed by atoms with Gasteiger partial charge in [-0.1, -0.05) is 48.9 Å². The third-order valence-electron chi connectivity index (χ3n) is 5.94. The van der Waals surface area contributed by atoms with Crippen molar-refractivity contribution in [2.45, 2.75) is 25.7 Å². The number of benzene rings is 1. The topological polar surface area (TPSA) is 95.9 Å². The van der Waals surface area contributed by atoms with Crippen LogP contribution < -0.4 is 5.73 Å². The van der Waals surface area contributed by atoms with Crippen molar-refractivity contribution < 1.29 is 4.79 Å². The zero-order valence-corrected chi connectivity index (χ0v) is 18.7. The van der Waals surface area contributed by atoms with Gasteiger partial charge in [-0.2, -0.15) is 5.26 Å². The fraction of sp³-hybridized carbons (Fsp3) is 0.259. The number of nitriles is 1. The molecule has 0 spiro atoms. The molecule has 1 amide bonds. The Morgan fingerprint density at radius 2 is 1.91 bits per heavy atom. The van der Waals surface area contributed by atoms with Crippen LogP contribution in [0.5, 0.6) is 0 Å². The quantitative estimate of drug-likeness (QED) is 0.604. The predicted molar refractivity (Wildman–Crippen MR) is 128 cm³/mol. The number of carbonyl (C=O) groups is 1. The van der Waals surface area contributed by atoms with E-state index in [4.69, 9.17) is 5.73 Å². The van der Waals surface area contributed by atoms with Crippen LogP contribution in [0.1, 0.15) is 52.7 Å². The summed E-state index contributed by atoms with van der Waals surface area (Å²) >= 11 is 0. The Balaban J connectivity index is 1.63. The molecule has 2 aromatic heterocycles. The van der Waals surface area contributed by atoms with Gasteiger partial charge in [-0.05, 0) is 42.0 Å². The van der Waals surface area contributed by atoms with Crippen molar-refractivity contribution in [2.75, 3.05) is 18.8 Å². The van der Waals surface area contributed by atoms with E-state index in [0.717, 1.165) is 18.4 Å². The van der Waals surface area contributed by atoms with Crippen molar-refractivity contribution in [3.63, 3.8) is 0 Å². The van der Waals surface area contributed by atoms with E-state index in [0.29, 0.717) is 29.9 Å². The number of hydrogen-bond acceptors (Lipinski definition) is 5. The van der Waals surface area contributed by atoms with Crippen molar-refractivity contribution in [2.24, 2.45) is 5.92 Å². The second kappa shape index (κ2) is 10.1. The zero-order valence-electron chi connectivity index (χ0n) is 18.7. The van der Waals surface area contributed by atoms with E-state index in [2.05, 4.69) is 41.2 Å². The Morgan fingerprint density at radius 3 is 2.67 bits per heavy atom. The molecule has 0 aliphatic carbocycles. The lowest BCUT2D eigenvalue weighted by Gasteiger charge is -2.31. The van der Waals surface area contributed by atoms with Gasteiger partial charge in [0, 0.05) is 43.8 Å². The molecule has 3 aromatic rings. The SMILES string of the molecule is C[C@H]1C/C([C@@H](c2ccccc2)c2cncc(C#N)c2)=C/CCN(C(=O)c2cncc(N)c2)C1. The maximum atomic E-state index is 13.1. The molecule has 6 nitrogen and oxygen atoms in total. The van der Waals surface area contributed by atoms with Gasteiger partial charge in [0.05, 0.1) is 16.8 Å². The minimum absolute atomic E-state index is 0.0230. The molecule has 0 unspecified atom stereocenters. The molecule has 1 aliphatic rings. The third kappa shape index (κ3) is 5.27. The van der Waals surface area contributed by atoms with Crippen molar-refractivity contribution in [3.05, 3.63) is 101 Å². The van der Waals surface area contributed by atoms with E-state index in [1.165, 1.54) is 11.1 Å². The van der Waals surface area contributed by atoms with Crippen molar-refractivity contribution in [1.29, 1.82) is 5.26 Å². The number of anilines is 1. The summed E-state index contributed by atoms with van der Waals surface area (Å²) < 4.78 is 0. The second-order valence-corrected chi connectivity index (χ2v) is 8.60. The molecule has 0 saturated heterocycles. The number of carbonyl (C=O) groups excluding carboxylic acids is 1. The zero-order chi connectivity index (χ0) is 23.2. The molecule has 0 radical (unpaired) electrons. The number of aromatic nitrogens is 2. The smallest absolute Gasteiger partial charge is 0.255 e. The fourth-order valence-corrected chi connectivity index (χ4v) is 4.54. The number of nitrogens with two attached hydrogens (primary N) is 1. The number of nitrogen functional groups attached to an aromatic ring is 1. The highest BCUT2D eigenvalue weighted by Crippen LogP contribution is 2.36. The van der Waals surface area contributed by atoms with Gasteiger partial charge in [-0.25, -0.2) is 0 Å². The second-order valence-electron chi connectivity index (χ2n) is 8.60. The maximum Gasteiger partial charge on any atom is 0.255 e. The number of allylic oxidation sites excluding steroid dienone is 1. The fourth-order valence-electron chi connectivity index (χ4n) is 4.54. The number of amides is 1. The lowest BCUT2D eigenvalue weighted by molar-refractivity contribution is 0.0731. The first-order valence-electron chi connectivity index (χ1n) is 11.1. The highest BCUT2D eigenvalue weighted by atomic mass is 16.2. The molecule has 33 heavy (non-hydrogen) atoms. The summed E-state index contributed by atoms with van der Waals surface area (Å²) in [4.78, 5) is 23.3. The van der Waals surface area contributed by atoms with Crippen LogP contribution >= 0.6 is 0 Å². The van der Waals surface area contributed by atoms with Gasteiger partial charge in [-0.15, -0.1) is 0 Å². The largest absolute Gasteiger partial charge is 0.397 e. The summed E-state index contributed by atoms with van der Waals surface area (Å²) in [6.07, 6.45) is 10.4. The van der Waals surface area contributed by atoms with Gasteiger partial charge in [0.15, 0.2) is 0 Å². The summed E-state index contributed by atoms with van der Waals surface area (Å²) in [5.41, 5.74) is 10.9. The van der Waals surface area contributed by atoms with Crippen molar-refractivity contribution in [3.8, 4) is 6.07 Å². The van der Waals surface area contributed by atoms with E-state index in [1.807, 2.05) is 35.4 Å². The molecule has 2 atom stereocenters. The number of pyridine rings is 2. The monoisotopic (exact) mass is 437 g/mol. The molecule has 0 saturated carbocycles. The van der Waals surface area contributed by atoms with Crippen LogP contribution in [-0.4, -0.2) is 33.9 Å². The van der Waals surface area contributed by atoms with Gasteiger partial charge in [0.2, 0.25) is 0 Å². The van der Waals surface area contributed by atoms with E-state index in [-0.39, 0.29) is 17.7 Å². The number of hydrogen-bond donors (Lipinski definition) is 1. The van der Waals surface area contributed by atoms with Gasteiger partial charge >= 0.3 is 0 Å². The Bertz CT molecular complexity index is 1200. The Morgan fingerprint density at radius 1 is 1.12 bits per heavy atom. The van der Waals surface area contributed by atoms with Gasteiger partial charge in [0.1, 0.15) is 6.07 Å². The standard InChI is InChI=1S/C27H27N5O/c1-19-10-22(8-5-9-32(18-19)27(33)24-12-25(29)17-31-16-24)26(21-6-3-2-4-7-21)23-11-20(13-28)14-30-15-23/h2-4,6-8,11-12,14-17,19,26H,5,9-10,18,29H2,1H3/b22-8-/t19-,26+/m0/s1. The highest BCUT2D eigenvalue weighted by molar-refractivity contribution is 5.94. The summed E-state index contributed by atoms with van der Waals surface area (Å²) in [6, 6.07) is 16.1. The molecular weight excluding hydrogens is 410 g/mol. The van der Waals surface area contributed by atoms with Crippen LogP contribution in [0.4, 0.5) is 5.69 Å². The summed E-state index contributed by atoms with van der Waals surface area (Å²) in [5, 5.41) is 9.39. The Labute approximate surface area is 194 Å². The van der Waals surface area contributed by atoms with Gasteiger partial charge in [-0.3, -0.25) is 14.8 Å². The molecule has 1 aliphatic heterocycles. The van der Waals surface area contributed by atoms with E-state index >= 15 is 0 Å². The van der Waals surface area contributed by atoms with E-state index in [1.54, 1.807) is 24.7 Å². The lowest BCUT2D eigenvalue weighted by Crippen LogP contribution is -2.36. The molecule has 3 heterocycles. The van der Waals surface area contributed by atoms with Crippen LogP contribution in [-0.2, 0) is 0 Å². The van der Waals surface area contributed by atoms with E-state index < -0.39 is 0 Å². The van der Waals surface area contributed by atoms with Crippen LogP contribution in [0, 0.1) is 17.2 Å². The first kappa shape index (κ1) is 22.2. The Hall–Kier alpha value is -3.98. The average molecular weight is 438 g/mol. The molecule has 1 aromatic carbocycles. The van der Waals surface area contributed by atoms with Crippen LogP contribution in [0.3, 0.4) is 0 Å². The number of nitrogens with zero attached hydrogens (tertiary/aromatic N) is 4. The first-order chi connectivity index (χ1) is 16.0. The highest BCUT2D eigenvalue weighted by Gasteiger charge is 2.26. The summed E-state index contributed by atoms with van der Waals surface area (Å²) in [7, 11) is 0. The summed E-state index contributed by atoms with van der Waals surface area (Å²) in [6.45, 7) is 3.45. The Kier molecular flexibility index (Phi) is 6.80. The lowest BCUT2D eigenvalue weighted by atomic mass is 9.80. The summed E-state index contributed by atoms with van der Waals surface area (Å²) in [5.74, 6) is 0.242. The molecule has 0 bridgehead atoms. The van der Waals surface area contributed by atoms with Gasteiger partial charge < -0.3 is 10.6 Å². The molecule has 6 heteroatoms. The van der Waals surface area contributed by atoms with Crippen molar-refractivity contribution >= 4 is 11.6 Å². The normalized spacial score (nSPS) is 18.8. The van der Waals surface area contributed by atoms with Crippen LogP contribution in [0.15, 0.2) is 78.9 Å². The van der Waals surface area contributed by atoms with Gasteiger partial charge in [0.25, 0.3) is 5.91 Å². The molecule has 166 valence electrons. The molecular formula is C27H27N5O. The van der Waals surface area contributed by atoms with Crippen molar-refractivity contribution in [1.82, 2.24) is 14.9 Å². The molecule has 0 fully saturated rings. The number of rotatable bonds is 4. The van der Waals surface area contributed by atoms with E-state index in [9.17, 15) is 10.1 Å². The third-order valence-corrected chi connectivity index (χ3v) is 5.94. The minimum Gasteiger partial charge on any atom is -0.397 e. The maximum absolute atomic E-state index is 13.1. The molecule has 4 rings (SSSR count). The van der Waals surface area contributed by atoms with Crippen LogP contribution in [0.25, 0.3) is 0 Å². The average Bonchev–Trinajstić information content (AvgIpc) is 2.82. The predicted octanol–water partition coefficient (Wildman–Crippen LogP) is 4.56.